The first-order chi connectivity index (χ1) is 10.0. The average molecular weight is 345 g/mol. The van der Waals surface area contributed by atoms with E-state index < -0.39 is 5.54 Å². The highest BCUT2D eigenvalue weighted by Crippen LogP contribution is 2.42. The molecule has 21 heavy (non-hydrogen) atoms. The van der Waals surface area contributed by atoms with Crippen molar-refractivity contribution in [3.63, 3.8) is 0 Å². The van der Waals surface area contributed by atoms with Crippen molar-refractivity contribution in [1.82, 2.24) is 0 Å². The van der Waals surface area contributed by atoms with Crippen LogP contribution >= 0.6 is 15.9 Å². The van der Waals surface area contributed by atoms with Crippen LogP contribution in [0.3, 0.4) is 0 Å². The highest BCUT2D eigenvalue weighted by Gasteiger charge is 2.44. The molecule has 3 nitrogen and oxygen atoms in total. The maximum Gasteiger partial charge on any atom is 0.247 e. The normalized spacial score (nSPS) is 20.1. The highest BCUT2D eigenvalue weighted by atomic mass is 79.9. The van der Waals surface area contributed by atoms with Gasteiger partial charge < -0.3 is 11.1 Å². The maximum absolute atomic E-state index is 12.3. The largest absolute Gasteiger partial charge is 0.367 e. The molecule has 0 saturated heterocycles. The highest BCUT2D eigenvalue weighted by molar-refractivity contribution is 9.10. The van der Waals surface area contributed by atoms with E-state index >= 15 is 0 Å². The zero-order valence-electron chi connectivity index (χ0n) is 11.8. The van der Waals surface area contributed by atoms with Gasteiger partial charge in [-0.2, -0.15) is 0 Å². The Morgan fingerprint density at radius 3 is 2.71 bits per heavy atom. The lowest BCUT2D eigenvalue weighted by molar-refractivity contribution is -0.122. The van der Waals surface area contributed by atoms with E-state index in [0.29, 0.717) is 6.42 Å². The van der Waals surface area contributed by atoms with Crippen molar-refractivity contribution in [2.45, 2.75) is 25.3 Å². The second-order valence-corrected chi connectivity index (χ2v) is 6.33. The van der Waals surface area contributed by atoms with Gasteiger partial charge in [-0.15, -0.1) is 0 Å². The molecule has 0 saturated carbocycles. The van der Waals surface area contributed by atoms with Gasteiger partial charge in [-0.3, -0.25) is 4.79 Å². The molecule has 3 N–H and O–H groups in total. The van der Waals surface area contributed by atoms with Gasteiger partial charge in [0.1, 0.15) is 5.54 Å². The fraction of sp³-hybridized carbons (Fsp3) is 0.235. The third-order valence-electron chi connectivity index (χ3n) is 4.24. The zero-order valence-corrected chi connectivity index (χ0v) is 13.4. The van der Waals surface area contributed by atoms with Gasteiger partial charge in [0.2, 0.25) is 5.91 Å². The molecule has 3 rings (SSSR count). The molecule has 4 heteroatoms. The molecule has 0 aromatic heterocycles. The zero-order chi connectivity index (χ0) is 15.0. The molecule has 1 aliphatic rings. The van der Waals surface area contributed by atoms with Crippen molar-refractivity contribution in [2.75, 3.05) is 5.32 Å². The summed E-state index contributed by atoms with van der Waals surface area (Å²) < 4.78 is 1.04. The number of aryl methyl sites for hydroxylation is 1. The van der Waals surface area contributed by atoms with Crippen LogP contribution in [0.25, 0.3) is 0 Å². The molecule has 0 fully saturated rings. The second kappa shape index (κ2) is 5.19. The van der Waals surface area contributed by atoms with Crippen LogP contribution < -0.4 is 11.1 Å². The summed E-state index contributed by atoms with van der Waals surface area (Å²) in [5, 5.41) is 3.41. The number of amides is 1. The molecule has 0 spiro atoms. The number of carbonyl (C=O) groups is 1. The number of rotatable bonds is 3. The van der Waals surface area contributed by atoms with E-state index in [1.54, 1.807) is 0 Å². The first-order valence-corrected chi connectivity index (χ1v) is 7.75. The summed E-state index contributed by atoms with van der Waals surface area (Å²) in [6.07, 6.45) is 1.51. The topological polar surface area (TPSA) is 55.1 Å². The lowest BCUT2D eigenvalue weighted by Gasteiger charge is -2.30. The number of hydrogen-bond acceptors (Lipinski definition) is 2. The minimum atomic E-state index is -0.828. The van der Waals surface area contributed by atoms with Gasteiger partial charge in [0.15, 0.2) is 0 Å². The average Bonchev–Trinajstić information content (AvgIpc) is 2.83. The summed E-state index contributed by atoms with van der Waals surface area (Å²) in [4.78, 5) is 12.3. The number of fused-ring (bicyclic) bond motifs is 1. The van der Waals surface area contributed by atoms with E-state index in [-0.39, 0.29) is 5.91 Å². The predicted octanol–water partition coefficient (Wildman–Crippen LogP) is 3.50. The monoisotopic (exact) mass is 344 g/mol. The number of nitrogens with one attached hydrogen (secondary N) is 1. The number of anilines is 1. The Morgan fingerprint density at radius 1 is 1.24 bits per heavy atom. The molecular weight excluding hydrogens is 328 g/mol. The first kappa shape index (κ1) is 14.1. The molecule has 0 bridgehead atoms. The molecule has 1 amide bonds. The van der Waals surface area contributed by atoms with E-state index in [9.17, 15) is 4.79 Å². The lowest BCUT2D eigenvalue weighted by atomic mass is 9.90. The smallest absolute Gasteiger partial charge is 0.247 e. The van der Waals surface area contributed by atoms with Gasteiger partial charge in [-0.25, -0.2) is 0 Å². The minimum absolute atomic E-state index is 0.331. The van der Waals surface area contributed by atoms with Crippen LogP contribution in [0.1, 0.15) is 23.1 Å². The standard InChI is InChI=1S/C17H17BrN2O/c1-11-5-2-3-8-15(11)20-17(16(19)21)10-9-12-13(17)6-4-7-14(12)18/h2-8,20H,9-10H2,1H3,(H2,19,21). The Kier molecular flexibility index (Phi) is 3.49. The van der Waals surface area contributed by atoms with Crippen molar-refractivity contribution >= 4 is 27.5 Å². The quantitative estimate of drug-likeness (QED) is 0.895. The van der Waals surface area contributed by atoms with E-state index in [1.165, 1.54) is 0 Å². The number of primary amides is 1. The van der Waals surface area contributed by atoms with Gasteiger partial charge in [0, 0.05) is 10.2 Å². The Labute approximate surface area is 132 Å². The van der Waals surface area contributed by atoms with Crippen LogP contribution in [-0.2, 0) is 16.8 Å². The van der Waals surface area contributed by atoms with Crippen LogP contribution in [0.4, 0.5) is 5.69 Å². The summed E-state index contributed by atoms with van der Waals surface area (Å²) in [5.41, 5.74) is 9.14. The minimum Gasteiger partial charge on any atom is -0.367 e. The lowest BCUT2D eigenvalue weighted by Crippen LogP contribution is -2.46. The summed E-state index contributed by atoms with van der Waals surface area (Å²) in [6.45, 7) is 2.02. The number of halogens is 1. The first-order valence-electron chi connectivity index (χ1n) is 6.96. The van der Waals surface area contributed by atoms with E-state index in [1.807, 2.05) is 49.4 Å². The Hall–Kier alpha value is -1.81. The number of benzene rings is 2. The van der Waals surface area contributed by atoms with E-state index in [0.717, 1.165) is 33.3 Å². The molecule has 1 aliphatic carbocycles. The molecule has 0 aliphatic heterocycles. The Balaban J connectivity index is 2.11. The van der Waals surface area contributed by atoms with Crippen molar-refractivity contribution in [3.05, 3.63) is 63.6 Å². The summed E-state index contributed by atoms with van der Waals surface area (Å²) in [7, 11) is 0. The summed E-state index contributed by atoms with van der Waals surface area (Å²) >= 11 is 3.57. The molecule has 2 aromatic carbocycles. The third-order valence-corrected chi connectivity index (χ3v) is 4.99. The van der Waals surface area contributed by atoms with Gasteiger partial charge in [0.25, 0.3) is 0 Å². The van der Waals surface area contributed by atoms with Crippen molar-refractivity contribution in [3.8, 4) is 0 Å². The van der Waals surface area contributed by atoms with Gasteiger partial charge in [0.05, 0.1) is 0 Å². The van der Waals surface area contributed by atoms with Crippen molar-refractivity contribution in [2.24, 2.45) is 5.73 Å². The number of carbonyl (C=O) groups excluding carboxylic acids is 1. The van der Waals surface area contributed by atoms with Gasteiger partial charge >= 0.3 is 0 Å². The van der Waals surface area contributed by atoms with Crippen molar-refractivity contribution < 1.29 is 4.79 Å². The van der Waals surface area contributed by atoms with Crippen LogP contribution in [0.5, 0.6) is 0 Å². The molecule has 1 unspecified atom stereocenters. The Morgan fingerprint density at radius 2 is 2.00 bits per heavy atom. The molecule has 108 valence electrons. The van der Waals surface area contributed by atoms with Crippen LogP contribution in [0.2, 0.25) is 0 Å². The molecule has 0 radical (unpaired) electrons. The van der Waals surface area contributed by atoms with Gasteiger partial charge in [-0.05, 0) is 48.6 Å². The molecular formula is C17H17BrN2O. The van der Waals surface area contributed by atoms with E-state index in [2.05, 4.69) is 21.2 Å². The molecule has 0 heterocycles. The second-order valence-electron chi connectivity index (χ2n) is 5.48. The maximum atomic E-state index is 12.3. The fourth-order valence-electron chi connectivity index (χ4n) is 3.05. The van der Waals surface area contributed by atoms with Crippen molar-refractivity contribution in [1.29, 1.82) is 0 Å². The van der Waals surface area contributed by atoms with Crippen LogP contribution in [0.15, 0.2) is 46.9 Å². The number of hydrogen-bond donors (Lipinski definition) is 2. The van der Waals surface area contributed by atoms with Crippen LogP contribution in [0, 0.1) is 6.92 Å². The van der Waals surface area contributed by atoms with Gasteiger partial charge in [-0.1, -0.05) is 46.3 Å². The number of nitrogens with two attached hydrogens (primary N) is 1. The molecule has 2 aromatic rings. The summed E-state index contributed by atoms with van der Waals surface area (Å²) in [5.74, 6) is -0.331. The van der Waals surface area contributed by atoms with Crippen LogP contribution in [-0.4, -0.2) is 5.91 Å². The Bertz CT molecular complexity index is 714. The SMILES string of the molecule is Cc1ccccc1NC1(C(N)=O)CCc2c(Br)cccc21. The van der Waals surface area contributed by atoms with E-state index in [4.69, 9.17) is 5.73 Å². The molecule has 1 atom stereocenters. The summed E-state index contributed by atoms with van der Waals surface area (Å²) in [6, 6.07) is 13.9. The fourth-order valence-corrected chi connectivity index (χ4v) is 3.61. The number of para-hydroxylation sites is 1. The third kappa shape index (κ3) is 2.23. The predicted molar refractivity (Wildman–Crippen MR) is 88.1 cm³/mol.